The molecule has 43 heavy (non-hydrogen) atoms. The van der Waals surface area contributed by atoms with Gasteiger partial charge < -0.3 is 20.0 Å². The van der Waals surface area contributed by atoms with Gasteiger partial charge in [-0.05, 0) is 56.2 Å². The van der Waals surface area contributed by atoms with Crippen molar-refractivity contribution >= 4 is 35.1 Å². The molecule has 0 aliphatic heterocycles. The average Bonchev–Trinajstić information content (AvgIpc) is 3.56. The zero-order valence-corrected chi connectivity index (χ0v) is 24.4. The molecular weight excluding hydrogens is 557 g/mol. The molecule has 12 nitrogen and oxygen atoms in total. The minimum atomic E-state index is -0.668. The largest absolute Gasteiger partial charge is 0.491 e. The third-order valence-corrected chi connectivity index (χ3v) is 6.77. The second-order valence-corrected chi connectivity index (χ2v) is 9.91. The Bertz CT molecular complexity index is 1580. The Morgan fingerprint density at radius 2 is 1.93 bits per heavy atom. The molecular formula is C30H36FN7O5. The van der Waals surface area contributed by atoms with Gasteiger partial charge in [0, 0.05) is 45.2 Å². The molecule has 2 amide bonds. The van der Waals surface area contributed by atoms with Gasteiger partial charge in [0.1, 0.15) is 29.1 Å². The average molecular weight is 594 g/mol. The molecule has 2 aromatic heterocycles. The van der Waals surface area contributed by atoms with Crippen LogP contribution in [-0.4, -0.2) is 57.8 Å². The van der Waals surface area contributed by atoms with Crippen LogP contribution in [-0.2, 0) is 22.6 Å². The molecule has 13 heteroatoms. The van der Waals surface area contributed by atoms with E-state index >= 15 is 0 Å². The monoisotopic (exact) mass is 593 g/mol. The van der Waals surface area contributed by atoms with Crippen molar-refractivity contribution in [1.82, 2.24) is 24.6 Å². The number of amides is 2. The molecule has 0 fully saturated rings. The lowest BCUT2D eigenvalue weighted by molar-refractivity contribution is -0.108. The van der Waals surface area contributed by atoms with E-state index in [0.717, 1.165) is 11.8 Å². The molecule has 2 heterocycles. The molecule has 228 valence electrons. The van der Waals surface area contributed by atoms with Crippen molar-refractivity contribution in [2.75, 3.05) is 25.6 Å². The van der Waals surface area contributed by atoms with Crippen LogP contribution in [0.5, 0.6) is 5.75 Å². The van der Waals surface area contributed by atoms with Gasteiger partial charge in [0.05, 0.1) is 24.0 Å². The first-order chi connectivity index (χ1) is 20.7. The third kappa shape index (κ3) is 7.62. The molecule has 0 aliphatic rings. The summed E-state index contributed by atoms with van der Waals surface area (Å²) in [5.41, 5.74) is 8.48. The van der Waals surface area contributed by atoms with Crippen LogP contribution in [0.3, 0.4) is 0 Å². The number of carbonyl (C=O) groups is 3. The van der Waals surface area contributed by atoms with Crippen LogP contribution >= 0.6 is 0 Å². The molecule has 0 bridgehead atoms. The first-order valence-corrected chi connectivity index (χ1v) is 14.0. The van der Waals surface area contributed by atoms with Crippen LogP contribution in [0, 0.1) is 12.7 Å². The first kappa shape index (κ1) is 31.3. The number of nitrogens with two attached hydrogens (primary N) is 1. The molecule has 0 radical (unpaired) electrons. The number of hydrogen-bond acceptors (Lipinski definition) is 8. The maximum Gasteiger partial charge on any atom is 0.276 e. The minimum Gasteiger partial charge on any atom is -0.491 e. The quantitative estimate of drug-likeness (QED) is 0.131. The van der Waals surface area contributed by atoms with Gasteiger partial charge in [-0.2, -0.15) is 5.10 Å². The summed E-state index contributed by atoms with van der Waals surface area (Å²) < 4.78 is 28.1. The Balaban J connectivity index is 1.85. The number of methoxy groups -OCH3 is 1. The van der Waals surface area contributed by atoms with Gasteiger partial charge in [0.25, 0.3) is 5.91 Å². The van der Waals surface area contributed by atoms with Crippen LogP contribution in [0.25, 0.3) is 11.0 Å². The topological polar surface area (TPSA) is 155 Å². The van der Waals surface area contributed by atoms with Gasteiger partial charge in [-0.3, -0.25) is 29.5 Å². The highest BCUT2D eigenvalue weighted by atomic mass is 19.1. The minimum absolute atomic E-state index is 0.160. The number of primary amides is 1. The third-order valence-electron chi connectivity index (χ3n) is 6.77. The van der Waals surface area contributed by atoms with Crippen LogP contribution < -0.4 is 21.1 Å². The number of fused-ring (bicyclic) bond motifs is 1. The molecule has 1 unspecified atom stereocenters. The summed E-state index contributed by atoms with van der Waals surface area (Å²) in [5, 5.41) is 10.7. The number of hydrogen-bond donors (Lipinski definition) is 3. The van der Waals surface area contributed by atoms with Crippen molar-refractivity contribution in [2.24, 2.45) is 5.73 Å². The molecule has 4 N–H and O–H groups in total. The molecule has 0 aliphatic carbocycles. The van der Waals surface area contributed by atoms with Gasteiger partial charge in [-0.15, -0.1) is 0 Å². The predicted octanol–water partition coefficient (Wildman–Crippen LogP) is 3.73. The Labute approximate surface area is 248 Å². The zero-order valence-electron chi connectivity index (χ0n) is 24.4. The van der Waals surface area contributed by atoms with Crippen molar-refractivity contribution in [1.29, 1.82) is 0 Å². The van der Waals surface area contributed by atoms with E-state index in [4.69, 9.17) is 20.2 Å². The van der Waals surface area contributed by atoms with Crippen molar-refractivity contribution in [3.63, 3.8) is 0 Å². The molecule has 0 saturated heterocycles. The summed E-state index contributed by atoms with van der Waals surface area (Å²) >= 11 is 0. The fraction of sp³-hybridized carbons (Fsp3) is 0.367. The fourth-order valence-electron chi connectivity index (χ4n) is 4.74. The highest BCUT2D eigenvalue weighted by Gasteiger charge is 2.26. The van der Waals surface area contributed by atoms with Gasteiger partial charge in [0.15, 0.2) is 0 Å². The Morgan fingerprint density at radius 3 is 2.60 bits per heavy atom. The highest BCUT2D eigenvalue weighted by molar-refractivity contribution is 6.04. The molecule has 0 saturated carbocycles. The van der Waals surface area contributed by atoms with Crippen LogP contribution in [0.2, 0.25) is 0 Å². The zero-order chi connectivity index (χ0) is 30.9. The number of imidazole rings is 1. The van der Waals surface area contributed by atoms with E-state index in [0.29, 0.717) is 60.7 Å². The smallest absolute Gasteiger partial charge is 0.276 e. The standard InChI is InChI=1S/C30H36FN7O5/c1-4-37-24(15-19(2)36-37)29(41)35-30-34-23-16-21(28(32)40)17-25(43-14-6-13-42-3)27(23)38(30)26(7-5-12-39)33-18-20-8-10-22(31)11-9-20/h8-12,15-17,26,33H,4-7,13-14,18H2,1-3H3,(H2,32,40)(H,34,35,41). The molecule has 0 spiro atoms. The second kappa shape index (κ2) is 14.5. The maximum absolute atomic E-state index is 13.5. The normalized spacial score (nSPS) is 11.9. The van der Waals surface area contributed by atoms with Gasteiger partial charge in [-0.25, -0.2) is 9.37 Å². The van der Waals surface area contributed by atoms with E-state index in [1.165, 1.54) is 24.3 Å². The van der Waals surface area contributed by atoms with Crippen LogP contribution in [0.1, 0.15) is 64.5 Å². The van der Waals surface area contributed by atoms with E-state index in [2.05, 4.69) is 15.7 Å². The molecule has 1 atom stereocenters. The van der Waals surface area contributed by atoms with Gasteiger partial charge in [0.2, 0.25) is 11.9 Å². The number of anilines is 1. The van der Waals surface area contributed by atoms with Crippen molar-refractivity contribution in [3.8, 4) is 5.75 Å². The van der Waals surface area contributed by atoms with E-state index in [-0.39, 0.29) is 30.4 Å². The SMILES string of the molecule is CCn1nc(C)cc1C(=O)Nc1nc2cc(C(N)=O)cc(OCCCOC)c2n1C(CCC=O)NCc1ccc(F)cc1. The number of nitrogens with one attached hydrogen (secondary N) is 2. The number of rotatable bonds is 16. The summed E-state index contributed by atoms with van der Waals surface area (Å²) in [4.78, 5) is 41.9. The Morgan fingerprint density at radius 1 is 1.16 bits per heavy atom. The molecule has 2 aromatic carbocycles. The lowest BCUT2D eigenvalue weighted by Gasteiger charge is -2.24. The van der Waals surface area contributed by atoms with Gasteiger partial charge >= 0.3 is 0 Å². The lowest BCUT2D eigenvalue weighted by Crippen LogP contribution is -2.29. The van der Waals surface area contributed by atoms with Crippen molar-refractivity contribution < 1.29 is 28.2 Å². The summed E-state index contributed by atoms with van der Waals surface area (Å²) in [6.45, 7) is 5.22. The van der Waals surface area contributed by atoms with E-state index in [1.54, 1.807) is 41.5 Å². The fourth-order valence-corrected chi connectivity index (χ4v) is 4.74. The van der Waals surface area contributed by atoms with E-state index in [1.807, 2.05) is 6.92 Å². The van der Waals surface area contributed by atoms with E-state index in [9.17, 15) is 18.8 Å². The number of ether oxygens (including phenoxy) is 2. The number of halogens is 1. The Kier molecular flexibility index (Phi) is 10.6. The summed E-state index contributed by atoms with van der Waals surface area (Å²) in [5.74, 6) is -0.978. The Hall–Kier alpha value is -4.62. The van der Waals surface area contributed by atoms with Gasteiger partial charge in [-0.1, -0.05) is 12.1 Å². The number of benzene rings is 2. The highest BCUT2D eigenvalue weighted by Crippen LogP contribution is 2.34. The van der Waals surface area contributed by atoms with Crippen molar-refractivity contribution in [2.45, 2.75) is 52.4 Å². The lowest BCUT2D eigenvalue weighted by atomic mass is 10.1. The number of aryl methyl sites for hydroxylation is 2. The van der Waals surface area contributed by atoms with E-state index < -0.39 is 18.0 Å². The summed E-state index contributed by atoms with van der Waals surface area (Å²) in [6.07, 6.45) is 1.33. The predicted molar refractivity (Wildman–Crippen MR) is 158 cm³/mol. The summed E-state index contributed by atoms with van der Waals surface area (Å²) in [7, 11) is 1.59. The first-order valence-electron chi connectivity index (χ1n) is 14.0. The number of carbonyl (C=O) groups excluding carboxylic acids is 3. The van der Waals surface area contributed by atoms with Crippen molar-refractivity contribution in [3.05, 3.63) is 70.8 Å². The number of aromatic nitrogens is 4. The van der Waals surface area contributed by atoms with Crippen LogP contribution in [0.15, 0.2) is 42.5 Å². The maximum atomic E-state index is 13.5. The molecule has 4 rings (SSSR count). The number of aldehydes is 1. The molecule has 4 aromatic rings. The number of nitrogens with zero attached hydrogens (tertiary/aromatic N) is 4. The van der Waals surface area contributed by atoms with Crippen LogP contribution in [0.4, 0.5) is 10.3 Å². The summed E-state index contributed by atoms with van der Waals surface area (Å²) in [6, 6.07) is 10.8. The second-order valence-electron chi connectivity index (χ2n) is 9.91.